The predicted molar refractivity (Wildman–Crippen MR) is 181 cm³/mol. The predicted octanol–water partition coefficient (Wildman–Crippen LogP) is 6.74. The number of aromatic amines is 2. The minimum Gasteiger partial charge on any atom is -0.384 e. The van der Waals surface area contributed by atoms with Gasteiger partial charge in [-0.2, -0.15) is 0 Å². The average Bonchev–Trinajstić information content (AvgIpc) is 3.05. The van der Waals surface area contributed by atoms with E-state index in [0.717, 1.165) is 25.1 Å². The monoisotopic (exact) mass is 578 g/mol. The third-order valence-electron chi connectivity index (χ3n) is 8.15. The zero-order chi connectivity index (χ0) is 29.0. The van der Waals surface area contributed by atoms with E-state index in [1.165, 1.54) is 60.6 Å². The van der Waals surface area contributed by atoms with E-state index in [1.54, 1.807) is 6.07 Å². The minimum absolute atomic E-state index is 0.275. The summed E-state index contributed by atoms with van der Waals surface area (Å²) in [5, 5.41) is 13.4. The fraction of sp³-hybridized carbons (Fsp3) is 0.278. The zero-order valence-electron chi connectivity index (χ0n) is 24.2. The molecule has 5 aromatic rings. The maximum atomic E-state index is 12.2. The van der Waals surface area contributed by atoms with Crippen LogP contribution in [-0.2, 0) is 0 Å². The Morgan fingerprint density at radius 3 is 1.52 bits per heavy atom. The molecule has 3 N–H and O–H groups in total. The van der Waals surface area contributed by atoms with E-state index in [0.29, 0.717) is 10.8 Å². The van der Waals surface area contributed by atoms with Crippen LogP contribution in [0.25, 0.3) is 10.8 Å². The van der Waals surface area contributed by atoms with Gasteiger partial charge in [0, 0.05) is 12.2 Å². The Kier molecular flexibility index (Phi) is 10.4. The standard InChI is InChI=1S/C36H40N3O2P/c40-35-32-25-18-26-33(34(32)36(41)39-38-35)37-27-16-5-3-1-2-4-6-17-28-42(29-19-10-7-11-20-29,30-21-12-8-13-22-30)31-23-14-9-15-24-31/h7-15,18-26H,1-6,16-17,27-28H2,(H2-,37,38,39,40,41)/p+1. The minimum atomic E-state index is -1.72. The molecule has 0 aliphatic carbocycles. The van der Waals surface area contributed by atoms with E-state index < -0.39 is 7.26 Å². The number of hydrogen-bond donors (Lipinski definition) is 3. The number of rotatable bonds is 15. The fourth-order valence-electron chi connectivity index (χ4n) is 6.02. The zero-order valence-corrected chi connectivity index (χ0v) is 25.1. The summed E-state index contributed by atoms with van der Waals surface area (Å²) in [7, 11) is -1.72. The van der Waals surface area contributed by atoms with Crippen molar-refractivity contribution in [1.29, 1.82) is 0 Å². The van der Waals surface area contributed by atoms with Crippen LogP contribution in [-0.4, -0.2) is 22.9 Å². The van der Waals surface area contributed by atoms with Gasteiger partial charge in [0.25, 0.3) is 11.1 Å². The van der Waals surface area contributed by atoms with Crippen molar-refractivity contribution in [2.75, 3.05) is 18.0 Å². The van der Waals surface area contributed by atoms with Crippen LogP contribution in [0.2, 0.25) is 0 Å². The second-order valence-corrected chi connectivity index (χ2v) is 14.5. The Bertz CT molecular complexity index is 1550. The van der Waals surface area contributed by atoms with E-state index in [-0.39, 0.29) is 11.1 Å². The second-order valence-electron chi connectivity index (χ2n) is 10.9. The van der Waals surface area contributed by atoms with E-state index >= 15 is 0 Å². The molecular weight excluding hydrogens is 537 g/mol. The van der Waals surface area contributed by atoms with Gasteiger partial charge in [0.1, 0.15) is 23.2 Å². The number of H-pyrrole nitrogens is 2. The maximum Gasteiger partial charge on any atom is 0.272 e. The first-order valence-corrected chi connectivity index (χ1v) is 17.2. The molecule has 0 amide bonds. The maximum absolute atomic E-state index is 12.2. The smallest absolute Gasteiger partial charge is 0.272 e. The largest absolute Gasteiger partial charge is 0.384 e. The van der Waals surface area contributed by atoms with Crippen molar-refractivity contribution in [2.45, 2.75) is 51.4 Å². The molecule has 5 nitrogen and oxygen atoms in total. The van der Waals surface area contributed by atoms with Crippen LogP contribution in [0.4, 0.5) is 5.69 Å². The van der Waals surface area contributed by atoms with Gasteiger partial charge in [0.15, 0.2) is 0 Å². The van der Waals surface area contributed by atoms with Crippen molar-refractivity contribution < 1.29 is 0 Å². The molecule has 1 heterocycles. The summed E-state index contributed by atoms with van der Waals surface area (Å²) in [5.41, 5.74) is 0.171. The highest BCUT2D eigenvalue weighted by Gasteiger charge is 2.44. The lowest BCUT2D eigenvalue weighted by Gasteiger charge is -2.27. The van der Waals surface area contributed by atoms with Crippen molar-refractivity contribution in [2.24, 2.45) is 0 Å². The van der Waals surface area contributed by atoms with Crippen LogP contribution in [0.15, 0.2) is 119 Å². The van der Waals surface area contributed by atoms with Gasteiger partial charge in [0.05, 0.1) is 16.9 Å². The molecule has 0 aliphatic rings. The van der Waals surface area contributed by atoms with Crippen molar-refractivity contribution >= 4 is 39.6 Å². The fourth-order valence-corrected chi connectivity index (χ4v) is 10.4. The van der Waals surface area contributed by atoms with Gasteiger partial charge < -0.3 is 5.32 Å². The molecule has 0 saturated heterocycles. The molecule has 0 bridgehead atoms. The third-order valence-corrected chi connectivity index (χ3v) is 12.7. The first kappa shape index (κ1) is 29.5. The first-order valence-electron chi connectivity index (χ1n) is 15.2. The molecule has 0 spiro atoms. The van der Waals surface area contributed by atoms with Crippen molar-refractivity contribution in [1.82, 2.24) is 10.2 Å². The van der Waals surface area contributed by atoms with E-state index in [1.807, 2.05) is 12.1 Å². The lowest BCUT2D eigenvalue weighted by Crippen LogP contribution is -2.33. The number of unbranched alkanes of at least 4 members (excludes halogenated alkanes) is 7. The van der Waals surface area contributed by atoms with E-state index in [9.17, 15) is 9.59 Å². The van der Waals surface area contributed by atoms with Crippen LogP contribution < -0.4 is 32.3 Å². The molecule has 0 radical (unpaired) electrons. The number of anilines is 1. The van der Waals surface area contributed by atoms with E-state index in [2.05, 4.69) is 107 Å². The molecule has 0 unspecified atom stereocenters. The quantitative estimate of drug-likeness (QED) is 0.0951. The van der Waals surface area contributed by atoms with Crippen molar-refractivity contribution in [3.8, 4) is 0 Å². The van der Waals surface area contributed by atoms with Crippen LogP contribution in [0.5, 0.6) is 0 Å². The lowest BCUT2D eigenvalue weighted by atomic mass is 10.1. The van der Waals surface area contributed by atoms with Crippen LogP contribution in [0.3, 0.4) is 0 Å². The molecule has 0 aliphatic heterocycles. The van der Waals surface area contributed by atoms with Gasteiger partial charge in [-0.05, 0) is 67.8 Å². The summed E-state index contributed by atoms with van der Waals surface area (Å²) in [5.74, 6) is 0. The van der Waals surface area contributed by atoms with Gasteiger partial charge in [0.2, 0.25) is 0 Å². The SMILES string of the molecule is O=c1[nH][nH]c(=O)c2c(NCCCCCCCCCC[P+](c3ccccc3)(c3ccccc3)c3ccccc3)cccc12. The number of benzene rings is 4. The molecule has 1 aromatic heterocycles. The van der Waals surface area contributed by atoms with Gasteiger partial charge >= 0.3 is 0 Å². The third kappa shape index (κ3) is 6.91. The van der Waals surface area contributed by atoms with Crippen LogP contribution in [0, 0.1) is 0 Å². The molecule has 216 valence electrons. The highest BCUT2D eigenvalue weighted by molar-refractivity contribution is 7.95. The Balaban J connectivity index is 1.09. The Hall–Kier alpha value is -3.95. The Labute approximate surface area is 248 Å². The number of fused-ring (bicyclic) bond motifs is 1. The molecule has 0 saturated carbocycles. The summed E-state index contributed by atoms with van der Waals surface area (Å²) in [6.45, 7) is 0.787. The second kappa shape index (κ2) is 14.8. The molecule has 0 fully saturated rings. The van der Waals surface area contributed by atoms with Gasteiger partial charge in [-0.3, -0.25) is 19.8 Å². The van der Waals surface area contributed by atoms with Crippen molar-refractivity contribution in [3.63, 3.8) is 0 Å². The average molecular weight is 579 g/mol. The molecule has 0 atom stereocenters. The summed E-state index contributed by atoms with van der Waals surface area (Å²) in [6, 6.07) is 38.9. The number of nitrogens with one attached hydrogen (secondary N) is 3. The van der Waals surface area contributed by atoms with Crippen LogP contribution in [0.1, 0.15) is 51.4 Å². The van der Waals surface area contributed by atoms with Gasteiger partial charge in [-0.25, -0.2) is 0 Å². The Morgan fingerprint density at radius 1 is 0.500 bits per heavy atom. The molecule has 6 heteroatoms. The molecule has 4 aromatic carbocycles. The highest BCUT2D eigenvalue weighted by Crippen LogP contribution is 2.56. The van der Waals surface area contributed by atoms with Gasteiger partial charge in [-0.15, -0.1) is 0 Å². The molecular formula is C36H41N3O2P+. The highest BCUT2D eigenvalue weighted by atomic mass is 31.2. The van der Waals surface area contributed by atoms with Crippen LogP contribution >= 0.6 is 7.26 Å². The summed E-state index contributed by atoms with van der Waals surface area (Å²) >= 11 is 0. The van der Waals surface area contributed by atoms with Crippen molar-refractivity contribution in [3.05, 3.63) is 130 Å². The normalized spacial score (nSPS) is 11.5. The molecule has 5 rings (SSSR count). The summed E-state index contributed by atoms with van der Waals surface area (Å²) < 4.78 is 0. The summed E-state index contributed by atoms with van der Waals surface area (Å²) in [6.07, 6.45) is 10.9. The topological polar surface area (TPSA) is 77.8 Å². The van der Waals surface area contributed by atoms with E-state index in [4.69, 9.17) is 0 Å². The summed E-state index contributed by atoms with van der Waals surface area (Å²) in [4.78, 5) is 24.3. The molecule has 42 heavy (non-hydrogen) atoms. The number of aromatic nitrogens is 2. The van der Waals surface area contributed by atoms with Gasteiger partial charge in [-0.1, -0.05) is 92.8 Å². The number of hydrogen-bond acceptors (Lipinski definition) is 3. The Morgan fingerprint density at radius 2 is 0.976 bits per heavy atom. The first-order chi connectivity index (χ1) is 20.7. The lowest BCUT2D eigenvalue weighted by molar-refractivity contribution is 0.582.